The number of hydrogen-bond acceptors (Lipinski definition) is 3. The Morgan fingerprint density at radius 1 is 1.11 bits per heavy atom. The van der Waals surface area contributed by atoms with Gasteiger partial charge in [0.2, 0.25) is 5.91 Å². The second-order valence-corrected chi connectivity index (χ2v) is 7.91. The third kappa shape index (κ3) is 5.72. The quantitative estimate of drug-likeness (QED) is 0.760. The van der Waals surface area contributed by atoms with Crippen molar-refractivity contribution < 1.29 is 13.6 Å². The van der Waals surface area contributed by atoms with E-state index in [0.717, 1.165) is 64.6 Å². The van der Waals surface area contributed by atoms with Crippen molar-refractivity contribution in [2.45, 2.75) is 44.6 Å². The number of carbonyl (C=O) groups excluding carboxylic acids is 1. The summed E-state index contributed by atoms with van der Waals surface area (Å²) < 4.78 is 26.8. The molecule has 0 aromatic heterocycles. The highest BCUT2D eigenvalue weighted by Gasteiger charge is 2.27. The van der Waals surface area contributed by atoms with Crippen LogP contribution in [0.2, 0.25) is 0 Å². The van der Waals surface area contributed by atoms with Crippen LogP contribution in [0.5, 0.6) is 0 Å². The molecule has 1 aromatic carbocycles. The third-order valence-electron chi connectivity index (χ3n) is 5.95. The van der Waals surface area contributed by atoms with E-state index < -0.39 is 11.6 Å². The molecular weight excluding hydrogens is 348 g/mol. The van der Waals surface area contributed by atoms with Crippen LogP contribution >= 0.6 is 0 Å². The normalized spacial score (nSPS) is 22.2. The van der Waals surface area contributed by atoms with Gasteiger partial charge in [-0.1, -0.05) is 6.07 Å². The molecule has 1 aromatic rings. The van der Waals surface area contributed by atoms with Gasteiger partial charge in [0.15, 0.2) is 0 Å². The topological polar surface area (TPSA) is 26.8 Å². The first kappa shape index (κ1) is 20.2. The van der Waals surface area contributed by atoms with E-state index in [1.165, 1.54) is 18.6 Å². The summed E-state index contributed by atoms with van der Waals surface area (Å²) in [7, 11) is 2.16. The molecule has 1 amide bonds. The summed E-state index contributed by atoms with van der Waals surface area (Å²) in [6, 6.07) is 3.88. The fraction of sp³-hybridized carbons (Fsp3) is 0.667. The molecule has 0 N–H and O–H groups in total. The van der Waals surface area contributed by atoms with Crippen LogP contribution in [0.4, 0.5) is 8.78 Å². The van der Waals surface area contributed by atoms with E-state index in [-0.39, 0.29) is 12.3 Å². The van der Waals surface area contributed by atoms with Crippen LogP contribution in [0, 0.1) is 11.6 Å². The summed E-state index contributed by atoms with van der Waals surface area (Å²) >= 11 is 0. The summed E-state index contributed by atoms with van der Waals surface area (Å²) in [5, 5.41) is 0. The summed E-state index contributed by atoms with van der Waals surface area (Å²) in [5.41, 5.74) is 0.413. The Kier molecular flexibility index (Phi) is 7.19. The smallest absolute Gasteiger partial charge is 0.223 e. The summed E-state index contributed by atoms with van der Waals surface area (Å²) in [6.07, 6.45) is 4.90. The highest BCUT2D eigenvalue weighted by Crippen LogP contribution is 2.22. The van der Waals surface area contributed by atoms with Gasteiger partial charge in [-0.15, -0.1) is 0 Å². The summed E-state index contributed by atoms with van der Waals surface area (Å²) in [4.78, 5) is 19.6. The molecule has 0 aliphatic carbocycles. The lowest BCUT2D eigenvalue weighted by atomic mass is 9.97. The van der Waals surface area contributed by atoms with Crippen LogP contribution in [0.3, 0.4) is 0 Å². The molecular formula is C21H31F2N3O. The van der Waals surface area contributed by atoms with Crippen LogP contribution in [0.1, 0.15) is 37.7 Å². The van der Waals surface area contributed by atoms with Crippen LogP contribution < -0.4 is 0 Å². The van der Waals surface area contributed by atoms with Crippen molar-refractivity contribution in [1.29, 1.82) is 0 Å². The highest BCUT2D eigenvalue weighted by atomic mass is 19.1. The largest absolute Gasteiger partial charge is 0.340 e. The maximum Gasteiger partial charge on any atom is 0.223 e. The van der Waals surface area contributed by atoms with Gasteiger partial charge in [-0.25, -0.2) is 8.78 Å². The number of hydrogen-bond donors (Lipinski definition) is 0. The van der Waals surface area contributed by atoms with Crippen LogP contribution in [0.15, 0.2) is 18.2 Å². The first-order chi connectivity index (χ1) is 13.0. The molecule has 2 heterocycles. The van der Waals surface area contributed by atoms with Crippen LogP contribution in [-0.2, 0) is 11.2 Å². The monoisotopic (exact) mass is 379 g/mol. The zero-order valence-corrected chi connectivity index (χ0v) is 16.3. The molecule has 27 heavy (non-hydrogen) atoms. The number of benzene rings is 1. The average molecular weight is 379 g/mol. The number of aryl methyl sites for hydroxylation is 1. The summed E-state index contributed by atoms with van der Waals surface area (Å²) in [6.45, 7) is 6.25. The fourth-order valence-electron chi connectivity index (χ4n) is 4.14. The van der Waals surface area contributed by atoms with Crippen molar-refractivity contribution in [1.82, 2.24) is 14.7 Å². The number of likely N-dealkylation sites (N-methyl/N-ethyl adjacent to an activating group) is 1. The molecule has 1 atom stereocenters. The maximum atomic E-state index is 13.8. The Labute approximate surface area is 161 Å². The molecule has 0 radical (unpaired) electrons. The van der Waals surface area contributed by atoms with Crippen molar-refractivity contribution in [3.8, 4) is 0 Å². The number of rotatable bonds is 6. The van der Waals surface area contributed by atoms with Gasteiger partial charge in [0.05, 0.1) is 0 Å². The Balaban J connectivity index is 1.50. The average Bonchev–Trinajstić information content (AvgIpc) is 2.67. The van der Waals surface area contributed by atoms with Gasteiger partial charge in [0.1, 0.15) is 11.6 Å². The minimum absolute atomic E-state index is 0.0989. The Morgan fingerprint density at radius 2 is 1.89 bits per heavy atom. The highest BCUT2D eigenvalue weighted by molar-refractivity contribution is 5.77. The van der Waals surface area contributed by atoms with E-state index in [2.05, 4.69) is 16.8 Å². The SMILES string of the molecule is CN1CCN(CC[C@@H]2CCCCN2C(=O)CCc2ccc(F)cc2F)CC1. The number of halogens is 2. The molecule has 0 saturated carbocycles. The van der Waals surface area contributed by atoms with Gasteiger partial charge in [-0.05, 0) is 50.8 Å². The molecule has 0 unspecified atom stereocenters. The zero-order valence-electron chi connectivity index (χ0n) is 16.3. The number of amides is 1. The van der Waals surface area contributed by atoms with E-state index in [0.29, 0.717) is 18.0 Å². The van der Waals surface area contributed by atoms with Crippen molar-refractivity contribution in [2.24, 2.45) is 0 Å². The zero-order chi connectivity index (χ0) is 19.2. The lowest BCUT2D eigenvalue weighted by Crippen LogP contribution is -2.48. The number of nitrogens with zero attached hydrogens (tertiary/aromatic N) is 3. The van der Waals surface area contributed by atoms with E-state index in [1.54, 1.807) is 0 Å². The van der Waals surface area contributed by atoms with E-state index in [9.17, 15) is 13.6 Å². The Bertz CT molecular complexity index is 632. The minimum atomic E-state index is -0.581. The molecule has 6 heteroatoms. The third-order valence-corrected chi connectivity index (χ3v) is 5.95. The van der Waals surface area contributed by atoms with Crippen LogP contribution in [0.25, 0.3) is 0 Å². The van der Waals surface area contributed by atoms with Gasteiger partial charge in [0, 0.05) is 57.8 Å². The second kappa shape index (κ2) is 9.60. The molecule has 0 spiro atoms. The lowest BCUT2D eigenvalue weighted by molar-refractivity contribution is -0.135. The Hall–Kier alpha value is -1.53. The fourth-order valence-corrected chi connectivity index (χ4v) is 4.14. The molecule has 150 valence electrons. The van der Waals surface area contributed by atoms with Crippen molar-refractivity contribution in [2.75, 3.05) is 46.3 Å². The van der Waals surface area contributed by atoms with E-state index in [4.69, 9.17) is 0 Å². The molecule has 0 bridgehead atoms. The van der Waals surface area contributed by atoms with Crippen molar-refractivity contribution >= 4 is 5.91 Å². The molecule has 2 saturated heterocycles. The number of piperidine rings is 1. The molecule has 2 aliphatic rings. The van der Waals surface area contributed by atoms with Crippen molar-refractivity contribution in [3.63, 3.8) is 0 Å². The standard InChI is InChI=1S/C21H31F2N3O/c1-24-12-14-25(15-13-24)11-9-19-4-2-3-10-26(19)21(27)8-6-17-5-7-18(22)16-20(17)23/h5,7,16,19H,2-4,6,8-15H2,1H3/t19-/m0/s1. The van der Waals surface area contributed by atoms with E-state index in [1.807, 2.05) is 4.90 Å². The molecule has 4 nitrogen and oxygen atoms in total. The van der Waals surface area contributed by atoms with Gasteiger partial charge in [0.25, 0.3) is 0 Å². The number of piperazine rings is 1. The first-order valence-electron chi connectivity index (χ1n) is 10.2. The number of carbonyl (C=O) groups is 1. The first-order valence-corrected chi connectivity index (χ1v) is 10.2. The summed E-state index contributed by atoms with van der Waals surface area (Å²) in [5.74, 6) is -1.04. The Morgan fingerprint density at radius 3 is 2.63 bits per heavy atom. The van der Waals surface area contributed by atoms with Gasteiger partial charge < -0.3 is 14.7 Å². The van der Waals surface area contributed by atoms with Crippen molar-refractivity contribution in [3.05, 3.63) is 35.4 Å². The second-order valence-electron chi connectivity index (χ2n) is 7.91. The van der Waals surface area contributed by atoms with E-state index >= 15 is 0 Å². The maximum absolute atomic E-state index is 13.8. The minimum Gasteiger partial charge on any atom is -0.340 e. The van der Waals surface area contributed by atoms with Gasteiger partial charge in [-0.2, -0.15) is 0 Å². The molecule has 2 aliphatic heterocycles. The number of likely N-dealkylation sites (tertiary alicyclic amines) is 1. The van der Waals surface area contributed by atoms with Crippen LogP contribution in [-0.4, -0.2) is 73.0 Å². The predicted octanol–water partition coefficient (Wildman–Crippen LogP) is 2.92. The van der Waals surface area contributed by atoms with Gasteiger partial charge in [-0.3, -0.25) is 4.79 Å². The predicted molar refractivity (Wildman–Crippen MR) is 103 cm³/mol. The molecule has 3 rings (SSSR count). The lowest BCUT2D eigenvalue weighted by Gasteiger charge is -2.38. The van der Waals surface area contributed by atoms with Gasteiger partial charge >= 0.3 is 0 Å². The molecule has 2 fully saturated rings.